The average Bonchev–Trinajstić information content (AvgIpc) is 2.36. The summed E-state index contributed by atoms with van der Waals surface area (Å²) in [7, 11) is 1.40. The second-order valence-electron chi connectivity index (χ2n) is 7.60. The third-order valence-electron chi connectivity index (χ3n) is 3.55. The normalized spacial score (nSPS) is 12.3. The fourth-order valence-electron chi connectivity index (χ4n) is 2.04. The first kappa shape index (κ1) is 17.7. The number of hydrogen-bond donors (Lipinski definition) is 1. The van der Waals surface area contributed by atoms with Crippen molar-refractivity contribution in [2.45, 2.75) is 58.9 Å². The van der Waals surface area contributed by atoms with E-state index < -0.39 is 0 Å². The smallest absolute Gasteiger partial charge is 0.319 e. The summed E-state index contributed by atoms with van der Waals surface area (Å²) < 4.78 is 4.64. The Labute approximate surface area is 129 Å². The van der Waals surface area contributed by atoms with E-state index in [1.54, 1.807) is 0 Å². The Morgan fingerprint density at radius 1 is 1.00 bits per heavy atom. The molecule has 0 heterocycles. The van der Waals surface area contributed by atoms with Crippen molar-refractivity contribution in [1.29, 1.82) is 0 Å². The largest absolute Gasteiger partial charge is 0.468 e. The number of carbonyl (C=O) groups excluding carboxylic acids is 1. The van der Waals surface area contributed by atoms with Gasteiger partial charge in [-0.05, 0) is 27.5 Å². The highest BCUT2D eigenvalue weighted by molar-refractivity contribution is 5.71. The van der Waals surface area contributed by atoms with Crippen LogP contribution in [-0.2, 0) is 26.9 Å². The van der Waals surface area contributed by atoms with E-state index in [2.05, 4.69) is 69.8 Å². The molecular weight excluding hydrogens is 262 g/mol. The number of carbonyl (C=O) groups is 1. The zero-order chi connectivity index (χ0) is 16.3. The molecule has 3 heteroatoms. The number of rotatable bonds is 4. The van der Waals surface area contributed by atoms with Gasteiger partial charge in [0.1, 0.15) is 0 Å². The molecule has 0 saturated carbocycles. The zero-order valence-electron chi connectivity index (χ0n) is 14.5. The van der Waals surface area contributed by atoms with Crippen LogP contribution >= 0.6 is 0 Å². The van der Waals surface area contributed by atoms with Gasteiger partial charge in [0, 0.05) is 6.54 Å². The van der Waals surface area contributed by atoms with Crippen molar-refractivity contribution in [1.82, 2.24) is 5.32 Å². The second kappa shape index (κ2) is 6.61. The van der Waals surface area contributed by atoms with E-state index in [0.29, 0.717) is 6.54 Å². The molecule has 3 nitrogen and oxygen atoms in total. The van der Waals surface area contributed by atoms with Gasteiger partial charge in [-0.1, -0.05) is 59.7 Å². The highest BCUT2D eigenvalue weighted by atomic mass is 16.5. The Bertz CT molecular complexity index is 461. The first-order chi connectivity index (χ1) is 9.54. The first-order valence-corrected chi connectivity index (χ1v) is 7.46. The summed E-state index contributed by atoms with van der Waals surface area (Å²) in [6, 6.07) is 6.74. The Hall–Kier alpha value is -1.35. The number of hydrogen-bond acceptors (Lipinski definition) is 3. The summed E-state index contributed by atoms with van der Waals surface area (Å²) in [5.41, 5.74) is 4.07. The van der Waals surface area contributed by atoms with Crippen LogP contribution in [0.1, 0.15) is 58.2 Å². The van der Waals surface area contributed by atoms with Gasteiger partial charge < -0.3 is 10.1 Å². The molecule has 0 amide bonds. The van der Waals surface area contributed by atoms with Crippen LogP contribution in [0.4, 0.5) is 0 Å². The molecule has 1 aromatic carbocycles. The minimum atomic E-state index is -0.238. The van der Waals surface area contributed by atoms with Gasteiger partial charge in [-0.2, -0.15) is 0 Å². The van der Waals surface area contributed by atoms with E-state index in [9.17, 15) is 4.79 Å². The number of ether oxygens (including phenoxy) is 1. The Balaban J connectivity index is 3.00. The first-order valence-electron chi connectivity index (χ1n) is 7.46. The van der Waals surface area contributed by atoms with Crippen LogP contribution in [0.2, 0.25) is 0 Å². The molecule has 0 radical (unpaired) electrons. The zero-order valence-corrected chi connectivity index (χ0v) is 14.5. The highest BCUT2D eigenvalue weighted by Crippen LogP contribution is 2.30. The Kier molecular flexibility index (Phi) is 5.57. The lowest BCUT2D eigenvalue weighted by Gasteiger charge is -2.26. The molecule has 0 bridgehead atoms. The standard InChI is InChI=1S/C18H29NO2/c1-17(2,3)14-8-13(11-19-12-16(20)21-7)9-15(10-14)18(4,5)6/h8-10,19H,11-12H2,1-7H3. The van der Waals surface area contributed by atoms with Crippen LogP contribution in [0, 0.1) is 0 Å². The van der Waals surface area contributed by atoms with E-state index in [4.69, 9.17) is 0 Å². The molecule has 1 aromatic rings. The van der Waals surface area contributed by atoms with Crippen LogP contribution < -0.4 is 5.32 Å². The molecule has 118 valence electrons. The number of esters is 1. The predicted molar refractivity (Wildman–Crippen MR) is 87.6 cm³/mol. The predicted octanol–water partition coefficient (Wildman–Crippen LogP) is 3.54. The maximum absolute atomic E-state index is 11.2. The summed E-state index contributed by atoms with van der Waals surface area (Å²) in [5, 5.41) is 3.14. The van der Waals surface area contributed by atoms with Crippen molar-refractivity contribution in [2.24, 2.45) is 0 Å². The summed E-state index contributed by atoms with van der Waals surface area (Å²) in [6.07, 6.45) is 0. The highest BCUT2D eigenvalue weighted by Gasteiger charge is 2.20. The van der Waals surface area contributed by atoms with Crippen molar-refractivity contribution in [3.63, 3.8) is 0 Å². The minimum Gasteiger partial charge on any atom is -0.468 e. The molecule has 0 atom stereocenters. The van der Waals surface area contributed by atoms with Crippen molar-refractivity contribution < 1.29 is 9.53 Å². The summed E-state index contributed by atoms with van der Waals surface area (Å²) in [4.78, 5) is 11.2. The molecule has 0 aromatic heterocycles. The SMILES string of the molecule is COC(=O)CNCc1cc(C(C)(C)C)cc(C(C)(C)C)c1. The van der Waals surface area contributed by atoms with Crippen LogP contribution in [-0.4, -0.2) is 19.6 Å². The van der Waals surface area contributed by atoms with Crippen LogP contribution in [0.25, 0.3) is 0 Å². The molecular formula is C18H29NO2. The van der Waals surface area contributed by atoms with Crippen molar-refractivity contribution in [3.05, 3.63) is 34.9 Å². The van der Waals surface area contributed by atoms with Gasteiger partial charge in [0.2, 0.25) is 0 Å². The van der Waals surface area contributed by atoms with E-state index >= 15 is 0 Å². The van der Waals surface area contributed by atoms with Gasteiger partial charge >= 0.3 is 5.97 Å². The van der Waals surface area contributed by atoms with Gasteiger partial charge in [-0.25, -0.2) is 0 Å². The molecule has 0 spiro atoms. The molecule has 0 unspecified atom stereocenters. The van der Waals surface area contributed by atoms with Gasteiger partial charge in [-0.3, -0.25) is 4.79 Å². The van der Waals surface area contributed by atoms with Gasteiger partial charge in [0.25, 0.3) is 0 Å². The number of nitrogens with one attached hydrogen (secondary N) is 1. The summed E-state index contributed by atoms with van der Waals surface area (Å²) in [5.74, 6) is -0.238. The van der Waals surface area contributed by atoms with E-state index in [1.807, 2.05) is 0 Å². The molecule has 21 heavy (non-hydrogen) atoms. The van der Waals surface area contributed by atoms with Crippen LogP contribution in [0.15, 0.2) is 18.2 Å². The fraction of sp³-hybridized carbons (Fsp3) is 0.611. The van der Waals surface area contributed by atoms with Crippen LogP contribution in [0.5, 0.6) is 0 Å². The maximum atomic E-state index is 11.2. The van der Waals surface area contributed by atoms with Gasteiger partial charge in [-0.15, -0.1) is 0 Å². The molecule has 0 aliphatic carbocycles. The monoisotopic (exact) mass is 291 g/mol. The lowest BCUT2D eigenvalue weighted by atomic mass is 9.79. The minimum absolute atomic E-state index is 0.109. The molecule has 0 saturated heterocycles. The topological polar surface area (TPSA) is 38.3 Å². The van der Waals surface area contributed by atoms with Crippen molar-refractivity contribution in [2.75, 3.05) is 13.7 Å². The lowest BCUT2D eigenvalue weighted by Crippen LogP contribution is -2.24. The quantitative estimate of drug-likeness (QED) is 0.862. The molecule has 1 N–H and O–H groups in total. The average molecular weight is 291 g/mol. The number of methoxy groups -OCH3 is 1. The maximum Gasteiger partial charge on any atom is 0.319 e. The second-order valence-corrected chi connectivity index (χ2v) is 7.60. The third-order valence-corrected chi connectivity index (χ3v) is 3.55. The van der Waals surface area contributed by atoms with E-state index in [0.717, 1.165) is 0 Å². The van der Waals surface area contributed by atoms with Gasteiger partial charge in [0.15, 0.2) is 0 Å². The summed E-state index contributed by atoms with van der Waals surface area (Å²) >= 11 is 0. The van der Waals surface area contributed by atoms with Crippen molar-refractivity contribution in [3.8, 4) is 0 Å². The molecule has 0 aliphatic heterocycles. The Morgan fingerprint density at radius 3 is 1.86 bits per heavy atom. The van der Waals surface area contributed by atoms with E-state index in [-0.39, 0.29) is 23.3 Å². The van der Waals surface area contributed by atoms with Crippen LogP contribution in [0.3, 0.4) is 0 Å². The summed E-state index contributed by atoms with van der Waals surface area (Å²) in [6.45, 7) is 14.2. The fourth-order valence-corrected chi connectivity index (χ4v) is 2.04. The van der Waals surface area contributed by atoms with Gasteiger partial charge in [0.05, 0.1) is 13.7 Å². The lowest BCUT2D eigenvalue weighted by molar-refractivity contribution is -0.139. The molecule has 0 fully saturated rings. The molecule has 0 aliphatic rings. The van der Waals surface area contributed by atoms with E-state index in [1.165, 1.54) is 23.8 Å². The van der Waals surface area contributed by atoms with Crippen molar-refractivity contribution >= 4 is 5.97 Å². The number of benzene rings is 1. The third kappa shape index (κ3) is 5.50. The molecule has 1 rings (SSSR count). The Morgan fingerprint density at radius 2 is 1.48 bits per heavy atom.